The van der Waals surface area contributed by atoms with Gasteiger partial charge in [-0.1, -0.05) is 32.9 Å². The lowest BCUT2D eigenvalue weighted by Crippen LogP contribution is -2.47. The molecule has 0 bridgehead atoms. The van der Waals surface area contributed by atoms with Crippen LogP contribution in [0.3, 0.4) is 0 Å². The van der Waals surface area contributed by atoms with Crippen LogP contribution < -0.4 is 4.90 Å². The normalized spacial score (nSPS) is 15.1. The van der Waals surface area contributed by atoms with Crippen LogP contribution in [-0.2, 0) is 12.1 Å². The molecule has 1 aliphatic rings. The number of nitriles is 1. The molecule has 1 aliphatic heterocycles. The molecular weight excluding hydrogens is 408 g/mol. The van der Waals surface area contributed by atoms with Crippen LogP contribution in [0.4, 0.5) is 5.82 Å². The fourth-order valence-corrected chi connectivity index (χ4v) is 3.83. The summed E-state index contributed by atoms with van der Waals surface area (Å²) in [7, 11) is 0. The zero-order valence-electron chi connectivity index (χ0n) is 18.1. The summed E-state index contributed by atoms with van der Waals surface area (Å²) in [4.78, 5) is 9.19. The van der Waals surface area contributed by atoms with E-state index in [1.165, 1.54) is 5.56 Å². The number of hydrogen-bond acceptors (Lipinski definition) is 7. The van der Waals surface area contributed by atoms with Crippen LogP contribution in [0.1, 0.15) is 31.9 Å². The molecule has 0 N–H and O–H groups in total. The van der Waals surface area contributed by atoms with E-state index in [0.717, 1.165) is 37.6 Å². The highest BCUT2D eigenvalue weighted by Crippen LogP contribution is 2.26. The van der Waals surface area contributed by atoms with E-state index in [2.05, 4.69) is 58.9 Å². The van der Waals surface area contributed by atoms with Crippen molar-refractivity contribution in [2.24, 2.45) is 0 Å². The van der Waals surface area contributed by atoms with E-state index in [0.29, 0.717) is 23.0 Å². The third kappa shape index (κ3) is 4.68. The Bertz CT molecular complexity index is 1140. The Morgan fingerprint density at radius 1 is 1.10 bits per heavy atom. The monoisotopic (exact) mass is 434 g/mol. The Kier molecular flexibility index (Phi) is 5.90. The zero-order valence-corrected chi connectivity index (χ0v) is 18.9. The second kappa shape index (κ2) is 8.61. The molecule has 0 amide bonds. The maximum absolute atomic E-state index is 9.32. The molecule has 8 heteroatoms. The molecule has 0 atom stereocenters. The summed E-state index contributed by atoms with van der Waals surface area (Å²) < 4.78 is 7.51. The number of anilines is 1. The van der Waals surface area contributed by atoms with Crippen molar-refractivity contribution >= 4 is 18.0 Å². The van der Waals surface area contributed by atoms with E-state index >= 15 is 0 Å². The number of rotatable bonds is 4. The molecule has 160 valence electrons. The van der Waals surface area contributed by atoms with Crippen LogP contribution in [0.5, 0.6) is 0 Å². The number of pyridine rings is 1. The second-order valence-corrected chi connectivity index (χ2v) is 9.08. The first kappa shape index (κ1) is 21.2. The maximum atomic E-state index is 9.32. The first-order chi connectivity index (χ1) is 14.8. The van der Waals surface area contributed by atoms with E-state index in [9.17, 15) is 5.26 Å². The molecule has 4 rings (SSSR count). The van der Waals surface area contributed by atoms with Crippen molar-refractivity contribution in [2.75, 3.05) is 31.1 Å². The molecule has 1 saturated heterocycles. The molecule has 3 aromatic rings. The standard InChI is InChI=1S/C23H26N6OS/c1-23(2,3)19-8-6-17(7-9-19)21-26-29(22(31)30-21)16-27-11-13-28(14-12-27)20-18(15-24)5-4-10-25-20/h4-10H,11-14,16H2,1-3H3. The largest absolute Gasteiger partial charge is 0.409 e. The lowest BCUT2D eigenvalue weighted by Gasteiger charge is -2.35. The minimum Gasteiger partial charge on any atom is -0.409 e. The summed E-state index contributed by atoms with van der Waals surface area (Å²) in [6.45, 7) is 10.4. The molecule has 31 heavy (non-hydrogen) atoms. The molecule has 0 unspecified atom stereocenters. The van der Waals surface area contributed by atoms with Gasteiger partial charge in [0.05, 0.1) is 12.2 Å². The lowest BCUT2D eigenvalue weighted by atomic mass is 9.87. The van der Waals surface area contributed by atoms with E-state index in [4.69, 9.17) is 16.6 Å². The molecule has 7 nitrogen and oxygen atoms in total. The van der Waals surface area contributed by atoms with Gasteiger partial charge in [0.25, 0.3) is 4.84 Å². The predicted octanol–water partition coefficient (Wildman–Crippen LogP) is 4.22. The third-order valence-corrected chi connectivity index (χ3v) is 5.81. The Labute approximate surface area is 187 Å². The average Bonchev–Trinajstić information content (AvgIpc) is 3.14. The van der Waals surface area contributed by atoms with Crippen molar-refractivity contribution in [2.45, 2.75) is 32.9 Å². The quantitative estimate of drug-likeness (QED) is 0.569. The first-order valence-electron chi connectivity index (χ1n) is 10.4. The van der Waals surface area contributed by atoms with Crippen molar-refractivity contribution in [1.29, 1.82) is 5.26 Å². The molecule has 1 fully saturated rings. The fraction of sp³-hybridized carbons (Fsp3) is 0.391. The van der Waals surface area contributed by atoms with Gasteiger partial charge in [0.15, 0.2) is 0 Å². The van der Waals surface area contributed by atoms with Crippen LogP contribution in [0.15, 0.2) is 47.0 Å². The highest BCUT2D eigenvalue weighted by Gasteiger charge is 2.21. The van der Waals surface area contributed by atoms with Crippen molar-refractivity contribution in [3.63, 3.8) is 0 Å². The summed E-state index contributed by atoms with van der Waals surface area (Å²) in [5, 5.41) is 13.9. The van der Waals surface area contributed by atoms with Crippen LogP contribution in [-0.4, -0.2) is 45.8 Å². The van der Waals surface area contributed by atoms with Crippen molar-refractivity contribution in [3.8, 4) is 17.5 Å². The van der Waals surface area contributed by atoms with Gasteiger partial charge in [0, 0.05) is 37.9 Å². The van der Waals surface area contributed by atoms with Gasteiger partial charge in [-0.05, 0) is 47.5 Å². The summed E-state index contributed by atoms with van der Waals surface area (Å²) in [6.07, 6.45) is 1.73. The molecule has 1 aromatic carbocycles. The van der Waals surface area contributed by atoms with Crippen molar-refractivity contribution in [3.05, 3.63) is 58.6 Å². The second-order valence-electron chi connectivity index (χ2n) is 8.73. The van der Waals surface area contributed by atoms with Gasteiger partial charge in [-0.3, -0.25) is 4.90 Å². The lowest BCUT2D eigenvalue weighted by molar-refractivity contribution is 0.192. The fourth-order valence-electron chi connectivity index (χ4n) is 3.65. The Morgan fingerprint density at radius 2 is 1.81 bits per heavy atom. The van der Waals surface area contributed by atoms with Crippen LogP contribution in [0.25, 0.3) is 11.5 Å². The van der Waals surface area contributed by atoms with E-state index in [1.54, 1.807) is 23.0 Å². The van der Waals surface area contributed by atoms with Gasteiger partial charge in [-0.25, -0.2) is 9.67 Å². The minimum atomic E-state index is 0.101. The number of benzene rings is 1. The van der Waals surface area contributed by atoms with Crippen LogP contribution in [0.2, 0.25) is 0 Å². The maximum Gasteiger partial charge on any atom is 0.288 e. The Morgan fingerprint density at radius 3 is 2.45 bits per heavy atom. The van der Waals surface area contributed by atoms with Gasteiger partial charge in [0.2, 0.25) is 5.89 Å². The molecule has 0 aliphatic carbocycles. The Hall–Kier alpha value is -3.02. The number of nitrogens with zero attached hydrogens (tertiary/aromatic N) is 6. The van der Waals surface area contributed by atoms with Gasteiger partial charge >= 0.3 is 0 Å². The van der Waals surface area contributed by atoms with Gasteiger partial charge in [0.1, 0.15) is 11.9 Å². The molecule has 3 heterocycles. The summed E-state index contributed by atoms with van der Waals surface area (Å²) in [5.41, 5.74) is 2.89. The number of piperazine rings is 1. The number of aromatic nitrogens is 3. The molecule has 2 aromatic heterocycles. The summed E-state index contributed by atoms with van der Waals surface area (Å²) >= 11 is 5.41. The molecule has 0 saturated carbocycles. The first-order valence-corrected chi connectivity index (χ1v) is 10.8. The zero-order chi connectivity index (χ0) is 22.0. The van der Waals surface area contributed by atoms with Crippen molar-refractivity contribution in [1.82, 2.24) is 19.7 Å². The van der Waals surface area contributed by atoms with E-state index in [1.807, 2.05) is 12.1 Å². The summed E-state index contributed by atoms with van der Waals surface area (Å²) in [6, 6.07) is 14.1. The van der Waals surface area contributed by atoms with Gasteiger partial charge < -0.3 is 9.32 Å². The highest BCUT2D eigenvalue weighted by atomic mass is 32.1. The SMILES string of the molecule is CC(C)(C)c1ccc(-c2nn(CN3CCN(c4ncccc4C#N)CC3)c(=S)o2)cc1. The van der Waals surface area contributed by atoms with Crippen LogP contribution in [0, 0.1) is 16.2 Å². The molecule has 0 spiro atoms. The van der Waals surface area contributed by atoms with E-state index < -0.39 is 0 Å². The highest BCUT2D eigenvalue weighted by molar-refractivity contribution is 7.71. The molecule has 0 radical (unpaired) electrons. The molecular formula is C23H26N6OS. The van der Waals surface area contributed by atoms with Gasteiger partial charge in [-0.15, -0.1) is 5.10 Å². The van der Waals surface area contributed by atoms with Gasteiger partial charge in [-0.2, -0.15) is 5.26 Å². The predicted molar refractivity (Wildman–Crippen MR) is 122 cm³/mol. The smallest absolute Gasteiger partial charge is 0.288 e. The topological polar surface area (TPSA) is 74.1 Å². The van der Waals surface area contributed by atoms with Crippen LogP contribution >= 0.6 is 12.2 Å². The third-order valence-electron chi connectivity index (χ3n) is 5.52. The Balaban J connectivity index is 1.42. The summed E-state index contributed by atoms with van der Waals surface area (Å²) in [5.74, 6) is 1.29. The number of hydrogen-bond donors (Lipinski definition) is 0. The van der Waals surface area contributed by atoms with E-state index in [-0.39, 0.29) is 5.41 Å². The average molecular weight is 435 g/mol. The van der Waals surface area contributed by atoms with Crippen molar-refractivity contribution < 1.29 is 4.42 Å². The minimum absolute atomic E-state index is 0.101.